The van der Waals surface area contributed by atoms with Gasteiger partial charge in [-0.25, -0.2) is 15.1 Å². The van der Waals surface area contributed by atoms with Crippen molar-refractivity contribution in [3.63, 3.8) is 0 Å². The van der Waals surface area contributed by atoms with Crippen molar-refractivity contribution in [3.8, 4) is 0 Å². The van der Waals surface area contributed by atoms with Crippen molar-refractivity contribution in [2.75, 3.05) is 16.5 Å². The molecule has 16 heteroatoms. The second-order valence-electron chi connectivity index (χ2n) is 9.12. The lowest BCUT2D eigenvalue weighted by atomic mass is 10.2. The number of rotatable bonds is 12. The van der Waals surface area contributed by atoms with Crippen LogP contribution >= 0.6 is 23.1 Å². The summed E-state index contributed by atoms with van der Waals surface area (Å²) >= 11 is 2.21. The summed E-state index contributed by atoms with van der Waals surface area (Å²) in [6.45, 7) is 0. The number of nitro groups is 1. The molecule has 0 aliphatic heterocycles. The molecular formula is C29H23N9O5S2. The predicted molar refractivity (Wildman–Crippen MR) is 169 cm³/mol. The Kier molecular flexibility index (Phi) is 9.98. The first kappa shape index (κ1) is 30.7. The zero-order chi connectivity index (χ0) is 31.6. The van der Waals surface area contributed by atoms with Gasteiger partial charge in [0, 0.05) is 28.6 Å². The summed E-state index contributed by atoms with van der Waals surface area (Å²) in [6, 6.07) is 23.2. The van der Waals surface area contributed by atoms with Crippen LogP contribution in [0.1, 0.15) is 37.8 Å². The largest absolute Gasteiger partial charge is 0.298 e. The van der Waals surface area contributed by atoms with E-state index >= 15 is 0 Å². The Morgan fingerprint density at radius 3 is 2.44 bits per heavy atom. The smallest absolute Gasteiger partial charge is 0.270 e. The van der Waals surface area contributed by atoms with E-state index < -0.39 is 16.7 Å². The number of carbonyl (C=O) groups is 3. The molecule has 3 aromatic carbocycles. The van der Waals surface area contributed by atoms with Crippen LogP contribution in [0.5, 0.6) is 0 Å². The third kappa shape index (κ3) is 8.43. The zero-order valence-electron chi connectivity index (χ0n) is 23.2. The number of nitrogens with one attached hydrogen (secondary N) is 3. The molecule has 0 radical (unpaired) electrons. The maximum absolute atomic E-state index is 13.1. The molecule has 45 heavy (non-hydrogen) atoms. The Hall–Kier alpha value is -5.74. The Morgan fingerprint density at radius 1 is 0.956 bits per heavy atom. The Morgan fingerprint density at radius 2 is 1.69 bits per heavy atom. The van der Waals surface area contributed by atoms with Crippen LogP contribution < -0.4 is 16.2 Å². The minimum absolute atomic E-state index is 0.0346. The minimum atomic E-state index is -0.660. The molecule has 0 unspecified atom stereocenters. The van der Waals surface area contributed by atoms with Gasteiger partial charge >= 0.3 is 0 Å². The average molecular weight is 642 g/mol. The van der Waals surface area contributed by atoms with Crippen molar-refractivity contribution >= 4 is 57.9 Å². The average Bonchev–Trinajstić information content (AvgIpc) is 3.66. The fraction of sp³-hybridized carbons (Fsp3) is 0.0690. The molecule has 0 bridgehead atoms. The number of benzene rings is 3. The number of hydrogen-bond donors (Lipinski definition) is 3. The van der Waals surface area contributed by atoms with Gasteiger partial charge in [-0.3, -0.25) is 35.2 Å². The molecule has 0 saturated carbocycles. The summed E-state index contributed by atoms with van der Waals surface area (Å²) in [4.78, 5) is 53.2. The van der Waals surface area contributed by atoms with E-state index in [1.165, 1.54) is 40.4 Å². The third-order valence-electron chi connectivity index (χ3n) is 5.92. The summed E-state index contributed by atoms with van der Waals surface area (Å²) < 4.78 is 1.30. The molecule has 3 N–H and O–H groups in total. The number of non-ortho nitro benzene ring substituents is 1. The number of aromatic nitrogens is 4. The van der Waals surface area contributed by atoms with Gasteiger partial charge in [-0.1, -0.05) is 66.4 Å². The predicted octanol–water partition coefficient (Wildman–Crippen LogP) is 4.11. The maximum Gasteiger partial charge on any atom is 0.270 e. The van der Waals surface area contributed by atoms with E-state index in [1.54, 1.807) is 29.6 Å². The van der Waals surface area contributed by atoms with Gasteiger partial charge in [0.15, 0.2) is 11.0 Å². The molecular weight excluding hydrogens is 619 g/mol. The zero-order valence-corrected chi connectivity index (χ0v) is 24.8. The molecule has 0 saturated heterocycles. The first-order chi connectivity index (χ1) is 21.9. The third-order valence-corrected chi connectivity index (χ3v) is 7.65. The molecule has 3 amide bonds. The topological polar surface area (TPSA) is 186 Å². The highest BCUT2D eigenvalue weighted by Gasteiger charge is 2.20. The second kappa shape index (κ2) is 14.6. The summed E-state index contributed by atoms with van der Waals surface area (Å²) in [5.74, 6) is -1.23. The van der Waals surface area contributed by atoms with Crippen molar-refractivity contribution < 1.29 is 19.3 Å². The molecule has 0 spiro atoms. The van der Waals surface area contributed by atoms with Gasteiger partial charge in [0.05, 0.1) is 29.0 Å². The second-order valence-corrected chi connectivity index (χ2v) is 10.9. The minimum Gasteiger partial charge on any atom is -0.298 e. The summed E-state index contributed by atoms with van der Waals surface area (Å²) in [5.41, 5.74) is 6.71. The number of nitrogens with zero attached hydrogens (tertiary/aromatic N) is 6. The molecule has 0 aliphatic rings. The van der Waals surface area contributed by atoms with Gasteiger partial charge in [-0.2, -0.15) is 5.10 Å². The monoisotopic (exact) mass is 641 g/mol. The molecule has 226 valence electrons. The summed E-state index contributed by atoms with van der Waals surface area (Å²) in [6.07, 6.45) is 1.61. The Labute approximate surface area is 263 Å². The number of amides is 3. The van der Waals surface area contributed by atoms with Crippen LogP contribution in [0, 0.1) is 10.1 Å². The van der Waals surface area contributed by atoms with Crippen molar-refractivity contribution in [2.24, 2.45) is 5.10 Å². The van der Waals surface area contributed by atoms with Crippen LogP contribution in [0.25, 0.3) is 0 Å². The van der Waals surface area contributed by atoms with Gasteiger partial charge in [0.2, 0.25) is 5.16 Å². The molecule has 2 aromatic heterocycles. The Bertz CT molecular complexity index is 1860. The maximum atomic E-state index is 13.1. The van der Waals surface area contributed by atoms with Gasteiger partial charge in [-0.15, -0.1) is 21.5 Å². The van der Waals surface area contributed by atoms with E-state index in [4.69, 9.17) is 0 Å². The molecule has 2 heterocycles. The number of hydrogen-bond acceptors (Lipinski definition) is 11. The van der Waals surface area contributed by atoms with Crippen LogP contribution in [-0.4, -0.2) is 54.5 Å². The van der Waals surface area contributed by atoms with Crippen LogP contribution in [0.15, 0.2) is 101 Å². The van der Waals surface area contributed by atoms with E-state index in [9.17, 15) is 24.5 Å². The number of thioether (sulfide) groups is 1. The van der Waals surface area contributed by atoms with Crippen molar-refractivity contribution in [3.05, 3.63) is 129 Å². The summed E-state index contributed by atoms with van der Waals surface area (Å²) in [5, 5.41) is 28.5. The van der Waals surface area contributed by atoms with Crippen molar-refractivity contribution in [1.29, 1.82) is 0 Å². The molecule has 0 fully saturated rings. The first-order valence-electron chi connectivity index (χ1n) is 13.2. The highest BCUT2D eigenvalue weighted by molar-refractivity contribution is 7.99. The van der Waals surface area contributed by atoms with Crippen molar-refractivity contribution in [1.82, 2.24) is 25.3 Å². The van der Waals surface area contributed by atoms with E-state index in [0.29, 0.717) is 16.4 Å². The van der Waals surface area contributed by atoms with E-state index in [-0.39, 0.29) is 40.3 Å². The highest BCUT2D eigenvalue weighted by atomic mass is 32.2. The standard InChI is InChI=1S/C29H23N9O5S2/c39-25(34-30-16-19-8-3-1-4-9-19)18-45-29-35-33-24(37(29)36-27(41)21-12-7-13-23(14-21)38(42)43)15-22-17-44-28(31-22)32-26(40)20-10-5-2-6-11-20/h1-14,16-17H,15,18H2,(H,34,39)(H,36,41)(H,31,32,40)/b30-16+. The van der Waals surface area contributed by atoms with E-state index in [1.807, 2.05) is 36.4 Å². The van der Waals surface area contributed by atoms with E-state index in [0.717, 1.165) is 23.4 Å². The number of carbonyl (C=O) groups excluding carboxylic acids is 3. The lowest BCUT2D eigenvalue weighted by molar-refractivity contribution is -0.384. The van der Waals surface area contributed by atoms with Crippen LogP contribution in [0.3, 0.4) is 0 Å². The fourth-order valence-electron chi connectivity index (χ4n) is 3.79. The fourth-order valence-corrected chi connectivity index (χ4v) is 5.20. The summed E-state index contributed by atoms with van der Waals surface area (Å²) in [7, 11) is 0. The molecule has 0 atom stereocenters. The number of anilines is 1. The molecule has 5 rings (SSSR count). The Balaban J connectivity index is 1.31. The van der Waals surface area contributed by atoms with Gasteiger partial charge < -0.3 is 0 Å². The first-order valence-corrected chi connectivity index (χ1v) is 15.0. The van der Waals surface area contributed by atoms with Gasteiger partial charge in [-0.05, 0) is 23.8 Å². The van der Waals surface area contributed by atoms with Crippen molar-refractivity contribution in [2.45, 2.75) is 11.6 Å². The highest BCUT2D eigenvalue weighted by Crippen LogP contribution is 2.22. The SMILES string of the molecule is O=C(CSc1nnc(Cc2csc(NC(=O)c3ccccc3)n2)n1NC(=O)c1cccc([N+](=O)[O-])c1)N/N=C/c1ccccc1. The van der Waals surface area contributed by atoms with Crippen LogP contribution in [0.4, 0.5) is 10.8 Å². The van der Waals surface area contributed by atoms with Gasteiger partial charge in [0.1, 0.15) is 0 Å². The van der Waals surface area contributed by atoms with Crippen LogP contribution in [-0.2, 0) is 11.2 Å². The number of nitro benzene ring substituents is 1. The van der Waals surface area contributed by atoms with Crippen LogP contribution in [0.2, 0.25) is 0 Å². The van der Waals surface area contributed by atoms with E-state index in [2.05, 4.69) is 36.5 Å². The lowest BCUT2D eigenvalue weighted by Crippen LogP contribution is -2.26. The van der Waals surface area contributed by atoms with Gasteiger partial charge in [0.25, 0.3) is 23.4 Å². The normalized spacial score (nSPS) is 10.8. The number of thiazole rings is 1. The molecule has 5 aromatic rings. The quantitative estimate of drug-likeness (QED) is 0.0780. The lowest BCUT2D eigenvalue weighted by Gasteiger charge is -2.11. The molecule has 0 aliphatic carbocycles. The molecule has 14 nitrogen and oxygen atoms in total. The number of hydrazone groups is 1.